The van der Waals surface area contributed by atoms with Gasteiger partial charge in [-0.2, -0.15) is 0 Å². The van der Waals surface area contributed by atoms with Gasteiger partial charge in [0.2, 0.25) is 5.69 Å². The van der Waals surface area contributed by atoms with Gasteiger partial charge in [0.15, 0.2) is 0 Å². The predicted octanol–water partition coefficient (Wildman–Crippen LogP) is 2.32. The van der Waals surface area contributed by atoms with Gasteiger partial charge in [-0.05, 0) is 5.41 Å². The topological polar surface area (TPSA) is 30.1 Å². The molecule has 0 fully saturated rings. The average Bonchev–Trinajstić information content (AvgIpc) is 2.03. The molecule has 0 aliphatic carbocycles. The summed E-state index contributed by atoms with van der Waals surface area (Å²) >= 11 is 0. The van der Waals surface area contributed by atoms with Crippen LogP contribution in [0.15, 0.2) is 12.5 Å². The van der Waals surface area contributed by atoms with Crippen LogP contribution in [-0.2, 0) is 5.41 Å². The molecule has 0 saturated carbocycles. The fraction of sp³-hybridized carbons (Fsp3) is 0.444. The quantitative estimate of drug-likeness (QED) is 0.546. The van der Waals surface area contributed by atoms with Crippen LogP contribution < -0.4 is 0 Å². The van der Waals surface area contributed by atoms with Gasteiger partial charge in [-0.25, -0.2) is 4.85 Å². The molecule has 1 rings (SSSR count). The van der Waals surface area contributed by atoms with Gasteiger partial charge >= 0.3 is 0 Å². The number of hydrogen-bond acceptors (Lipinski definition) is 2. The molecule has 3 nitrogen and oxygen atoms in total. The van der Waals surface area contributed by atoms with E-state index in [-0.39, 0.29) is 5.41 Å². The van der Waals surface area contributed by atoms with E-state index in [1.165, 1.54) is 6.33 Å². The summed E-state index contributed by atoms with van der Waals surface area (Å²) in [5.41, 5.74) is 1.28. The highest BCUT2D eigenvalue weighted by Gasteiger charge is 2.19. The Morgan fingerprint density at radius 1 is 1.42 bits per heavy atom. The average molecular weight is 161 g/mol. The van der Waals surface area contributed by atoms with E-state index < -0.39 is 0 Å². The fourth-order valence-electron chi connectivity index (χ4n) is 0.982. The summed E-state index contributed by atoms with van der Waals surface area (Å²) in [5.74, 6) is 0. The van der Waals surface area contributed by atoms with Crippen LogP contribution in [0.3, 0.4) is 0 Å². The summed E-state index contributed by atoms with van der Waals surface area (Å²) in [6.45, 7) is 13.0. The minimum absolute atomic E-state index is 0.0805. The van der Waals surface area contributed by atoms with Crippen molar-refractivity contribution in [2.45, 2.75) is 26.2 Å². The van der Waals surface area contributed by atoms with Gasteiger partial charge in [-0.15, -0.1) is 0 Å². The summed E-state index contributed by atoms with van der Waals surface area (Å²) < 4.78 is 0. The monoisotopic (exact) mass is 161 g/mol. The lowest BCUT2D eigenvalue weighted by molar-refractivity contribution is 0.570. The summed E-state index contributed by atoms with van der Waals surface area (Å²) in [4.78, 5) is 11.3. The van der Waals surface area contributed by atoms with Gasteiger partial charge in [0.25, 0.3) is 0 Å². The van der Waals surface area contributed by atoms with Crippen LogP contribution in [-0.4, -0.2) is 9.97 Å². The van der Waals surface area contributed by atoms with Crippen LogP contribution in [0, 0.1) is 6.57 Å². The molecule has 0 atom stereocenters. The molecule has 3 heteroatoms. The Labute approximate surface area is 72.3 Å². The third-order valence-electron chi connectivity index (χ3n) is 1.52. The first-order chi connectivity index (χ1) is 5.55. The highest BCUT2D eigenvalue weighted by Crippen LogP contribution is 2.27. The summed E-state index contributed by atoms with van der Waals surface area (Å²) in [5, 5.41) is 0. The van der Waals surface area contributed by atoms with Gasteiger partial charge in [0, 0.05) is 6.20 Å². The van der Waals surface area contributed by atoms with Crippen molar-refractivity contribution >= 4 is 5.69 Å². The van der Waals surface area contributed by atoms with Crippen LogP contribution in [0.1, 0.15) is 26.5 Å². The minimum Gasteiger partial charge on any atom is -0.256 e. The molecule has 0 aliphatic heterocycles. The van der Waals surface area contributed by atoms with Crippen LogP contribution in [0.4, 0.5) is 5.69 Å². The van der Waals surface area contributed by atoms with E-state index >= 15 is 0 Å². The third kappa shape index (κ3) is 1.59. The van der Waals surface area contributed by atoms with Crippen LogP contribution in [0.25, 0.3) is 4.85 Å². The van der Waals surface area contributed by atoms with E-state index in [4.69, 9.17) is 6.57 Å². The molecule has 0 N–H and O–H groups in total. The van der Waals surface area contributed by atoms with Crippen LogP contribution in [0.5, 0.6) is 0 Å². The molecular formula is C9H11N3. The first-order valence-corrected chi connectivity index (χ1v) is 3.73. The molecule has 0 aromatic carbocycles. The Morgan fingerprint density at radius 2 is 2.08 bits per heavy atom. The van der Waals surface area contributed by atoms with Crippen LogP contribution in [0.2, 0.25) is 0 Å². The molecule has 0 radical (unpaired) electrons. The lowest BCUT2D eigenvalue weighted by Crippen LogP contribution is -2.13. The van der Waals surface area contributed by atoms with E-state index in [9.17, 15) is 0 Å². The van der Waals surface area contributed by atoms with Crippen molar-refractivity contribution in [2.24, 2.45) is 0 Å². The maximum atomic E-state index is 6.91. The zero-order valence-electron chi connectivity index (χ0n) is 7.50. The zero-order valence-corrected chi connectivity index (χ0v) is 7.50. The lowest BCUT2D eigenvalue weighted by Gasteiger charge is -2.18. The van der Waals surface area contributed by atoms with Crippen molar-refractivity contribution in [3.63, 3.8) is 0 Å². The van der Waals surface area contributed by atoms with Crippen molar-refractivity contribution in [1.82, 2.24) is 9.97 Å². The predicted molar refractivity (Wildman–Crippen MR) is 47.0 cm³/mol. The Kier molecular flexibility index (Phi) is 2.09. The number of aromatic nitrogens is 2. The Hall–Kier alpha value is -1.43. The normalized spacial score (nSPS) is 10.8. The lowest BCUT2D eigenvalue weighted by atomic mass is 9.91. The van der Waals surface area contributed by atoms with E-state index in [2.05, 4.69) is 14.8 Å². The maximum absolute atomic E-state index is 6.91. The molecule has 1 heterocycles. The smallest absolute Gasteiger partial charge is 0.226 e. The van der Waals surface area contributed by atoms with E-state index in [0.29, 0.717) is 5.69 Å². The summed E-state index contributed by atoms with van der Waals surface area (Å²) in [7, 11) is 0. The third-order valence-corrected chi connectivity index (χ3v) is 1.52. The number of rotatable bonds is 0. The van der Waals surface area contributed by atoms with Crippen molar-refractivity contribution < 1.29 is 0 Å². The van der Waals surface area contributed by atoms with Crippen LogP contribution >= 0.6 is 0 Å². The Bertz CT molecular complexity index is 317. The van der Waals surface area contributed by atoms with Gasteiger partial charge in [0.05, 0.1) is 12.3 Å². The Morgan fingerprint density at radius 3 is 2.50 bits per heavy atom. The molecule has 1 aromatic heterocycles. The molecule has 0 amide bonds. The number of hydrogen-bond donors (Lipinski definition) is 0. The first kappa shape index (κ1) is 8.66. The molecule has 0 aliphatic rings. The fourth-order valence-corrected chi connectivity index (χ4v) is 0.982. The second-order valence-corrected chi connectivity index (χ2v) is 3.62. The molecule has 0 saturated heterocycles. The summed E-state index contributed by atoms with van der Waals surface area (Å²) in [6, 6.07) is 0. The second kappa shape index (κ2) is 2.90. The Balaban J connectivity index is 3.26. The van der Waals surface area contributed by atoms with Gasteiger partial charge in [0.1, 0.15) is 6.33 Å². The summed E-state index contributed by atoms with van der Waals surface area (Å²) in [6.07, 6.45) is 3.04. The van der Waals surface area contributed by atoms with Gasteiger partial charge in [-0.1, -0.05) is 20.8 Å². The van der Waals surface area contributed by atoms with Crippen molar-refractivity contribution in [3.05, 3.63) is 29.6 Å². The molecule has 0 bridgehead atoms. The van der Waals surface area contributed by atoms with Crippen molar-refractivity contribution in [2.75, 3.05) is 0 Å². The van der Waals surface area contributed by atoms with Gasteiger partial charge < -0.3 is 0 Å². The first-order valence-electron chi connectivity index (χ1n) is 3.73. The molecule has 12 heavy (non-hydrogen) atoms. The molecule has 0 spiro atoms. The zero-order chi connectivity index (χ0) is 9.19. The van der Waals surface area contributed by atoms with E-state index in [1.54, 1.807) is 6.20 Å². The molecular weight excluding hydrogens is 150 g/mol. The molecule has 62 valence electrons. The maximum Gasteiger partial charge on any atom is 0.226 e. The van der Waals surface area contributed by atoms with Crippen molar-refractivity contribution in [3.8, 4) is 0 Å². The largest absolute Gasteiger partial charge is 0.256 e. The highest BCUT2D eigenvalue weighted by atomic mass is 14.9. The SMILES string of the molecule is [C-]#[N+]c1cncnc1C(C)(C)C. The van der Waals surface area contributed by atoms with E-state index in [0.717, 1.165) is 5.69 Å². The van der Waals surface area contributed by atoms with E-state index in [1.807, 2.05) is 20.8 Å². The molecule has 0 unspecified atom stereocenters. The number of nitrogens with zero attached hydrogens (tertiary/aromatic N) is 3. The second-order valence-electron chi connectivity index (χ2n) is 3.62. The van der Waals surface area contributed by atoms with Crippen molar-refractivity contribution in [1.29, 1.82) is 0 Å². The highest BCUT2D eigenvalue weighted by molar-refractivity contribution is 5.49. The van der Waals surface area contributed by atoms with Gasteiger partial charge in [-0.3, -0.25) is 9.97 Å². The minimum atomic E-state index is -0.0805. The molecule has 1 aromatic rings. The standard InChI is InChI=1S/C9H11N3/c1-9(2,3)8-7(10-4)5-11-6-12-8/h5-6H,1-3H3.